The first-order chi connectivity index (χ1) is 23.1. The lowest BCUT2D eigenvalue weighted by Gasteiger charge is -2.34. The zero-order chi connectivity index (χ0) is 31.2. The van der Waals surface area contributed by atoms with Gasteiger partial charge in [0.05, 0.1) is 5.69 Å². The molecule has 10 rings (SSSR count). The minimum Gasteiger partial charge on any atom is -0.458 e. The number of hydrogen-bond donors (Lipinski definition) is 0. The van der Waals surface area contributed by atoms with Gasteiger partial charge in [0.1, 0.15) is 11.5 Å². The number of ether oxygens (including phenoxy) is 1. The molecule has 0 saturated heterocycles. The number of hydrogen-bond acceptors (Lipinski definition) is 1. The van der Waals surface area contributed by atoms with Crippen LogP contribution in [0.4, 0.5) is 0 Å². The Bertz CT molecular complexity index is 2560. The summed E-state index contributed by atoms with van der Waals surface area (Å²) < 4.78 is 9.50. The maximum absolute atomic E-state index is 6.99. The van der Waals surface area contributed by atoms with Crippen molar-refractivity contribution in [3.63, 3.8) is 0 Å². The second-order valence-corrected chi connectivity index (χ2v) is 13.0. The van der Waals surface area contributed by atoms with E-state index in [0.717, 1.165) is 17.1 Å². The number of aryl methyl sites for hydroxylation is 2. The number of aromatic nitrogens is 1. The summed E-state index contributed by atoms with van der Waals surface area (Å²) in [7, 11) is 0. The molecule has 220 valence electrons. The summed E-state index contributed by atoms with van der Waals surface area (Å²) >= 11 is 0. The van der Waals surface area contributed by atoms with Gasteiger partial charge in [-0.05, 0) is 75.9 Å². The molecule has 0 N–H and O–H groups in total. The molecular formula is C44H30BNO. The van der Waals surface area contributed by atoms with Crippen LogP contribution in [0.1, 0.15) is 11.1 Å². The van der Waals surface area contributed by atoms with Crippen LogP contribution in [0.25, 0.3) is 60.9 Å². The smallest absolute Gasteiger partial charge is 0.256 e. The second kappa shape index (κ2) is 9.85. The lowest BCUT2D eigenvalue weighted by atomic mass is 9.34. The number of benzene rings is 7. The highest BCUT2D eigenvalue weighted by Gasteiger charge is 2.41. The molecule has 3 heterocycles. The molecule has 2 nitrogen and oxygen atoms in total. The van der Waals surface area contributed by atoms with Crippen molar-refractivity contribution in [2.75, 3.05) is 0 Å². The number of fused-ring (bicyclic) bond motifs is 5. The Morgan fingerprint density at radius 3 is 2.04 bits per heavy atom. The van der Waals surface area contributed by atoms with Gasteiger partial charge in [-0.1, -0.05) is 139 Å². The van der Waals surface area contributed by atoms with Crippen molar-refractivity contribution < 1.29 is 4.74 Å². The van der Waals surface area contributed by atoms with Crippen LogP contribution in [0.2, 0.25) is 0 Å². The molecule has 2 aliphatic rings. The van der Waals surface area contributed by atoms with E-state index in [9.17, 15) is 0 Å². The van der Waals surface area contributed by atoms with E-state index in [1.807, 2.05) is 0 Å². The molecule has 0 radical (unpaired) electrons. The van der Waals surface area contributed by atoms with Crippen LogP contribution in [0, 0.1) is 13.8 Å². The Labute approximate surface area is 274 Å². The maximum atomic E-state index is 6.99. The average Bonchev–Trinajstić information content (AvgIpc) is 3.46. The van der Waals surface area contributed by atoms with Crippen molar-refractivity contribution in [1.29, 1.82) is 0 Å². The molecule has 0 unspecified atom stereocenters. The third-order valence-electron chi connectivity index (χ3n) is 10.2. The zero-order valence-electron chi connectivity index (χ0n) is 26.3. The number of rotatable bonds is 3. The molecule has 0 bridgehead atoms. The van der Waals surface area contributed by atoms with E-state index in [1.165, 1.54) is 82.8 Å². The van der Waals surface area contributed by atoms with E-state index in [2.05, 4.69) is 164 Å². The molecule has 2 aliphatic heterocycles. The van der Waals surface area contributed by atoms with Gasteiger partial charge in [-0.15, -0.1) is 0 Å². The fourth-order valence-corrected chi connectivity index (χ4v) is 8.01. The minimum atomic E-state index is 0.0493. The minimum absolute atomic E-state index is 0.0493. The maximum Gasteiger partial charge on any atom is 0.256 e. The predicted octanol–water partition coefficient (Wildman–Crippen LogP) is 9.34. The van der Waals surface area contributed by atoms with Crippen LogP contribution < -0.4 is 21.1 Å². The first-order valence-electron chi connectivity index (χ1n) is 16.4. The van der Waals surface area contributed by atoms with Gasteiger partial charge >= 0.3 is 0 Å². The highest BCUT2D eigenvalue weighted by molar-refractivity contribution is 6.99. The molecule has 3 heteroatoms. The largest absolute Gasteiger partial charge is 0.458 e. The molecular weight excluding hydrogens is 569 g/mol. The molecule has 0 aliphatic carbocycles. The normalized spacial score (nSPS) is 12.6. The van der Waals surface area contributed by atoms with E-state index in [-0.39, 0.29) is 6.71 Å². The molecule has 0 atom stereocenters. The van der Waals surface area contributed by atoms with Crippen molar-refractivity contribution in [3.05, 3.63) is 157 Å². The summed E-state index contributed by atoms with van der Waals surface area (Å²) in [6, 6.07) is 53.4. The lowest BCUT2D eigenvalue weighted by molar-refractivity contribution is 0.489. The monoisotopic (exact) mass is 599 g/mol. The van der Waals surface area contributed by atoms with Crippen LogP contribution in [0.15, 0.2) is 146 Å². The van der Waals surface area contributed by atoms with Crippen LogP contribution in [0.3, 0.4) is 0 Å². The van der Waals surface area contributed by atoms with E-state index in [0.29, 0.717) is 0 Å². The third-order valence-corrected chi connectivity index (χ3v) is 10.2. The molecule has 0 spiro atoms. The van der Waals surface area contributed by atoms with E-state index >= 15 is 0 Å². The van der Waals surface area contributed by atoms with Crippen molar-refractivity contribution in [2.45, 2.75) is 13.8 Å². The predicted molar refractivity (Wildman–Crippen MR) is 198 cm³/mol. The van der Waals surface area contributed by atoms with Crippen molar-refractivity contribution >= 4 is 44.8 Å². The molecule has 0 saturated carbocycles. The molecule has 47 heavy (non-hydrogen) atoms. The Morgan fingerprint density at radius 1 is 0.553 bits per heavy atom. The standard InChI is InChI=1S/C44H30BNO/c1-27-16-20-30(21-17-27)40-35-11-6-12-36-43(35)46(42(40)31-22-18-28(2)19-23-31)38-14-7-15-39-41(38)45(36)37-13-5-10-34(44(37)47-39)33-25-24-29-8-3-4-9-32(29)26-33/h3-26H,1-2H3. The Morgan fingerprint density at radius 2 is 1.23 bits per heavy atom. The van der Waals surface area contributed by atoms with Crippen LogP contribution in [-0.4, -0.2) is 11.3 Å². The second-order valence-electron chi connectivity index (χ2n) is 13.0. The van der Waals surface area contributed by atoms with Crippen molar-refractivity contribution in [3.8, 4) is 50.7 Å². The van der Waals surface area contributed by atoms with Crippen LogP contribution in [0.5, 0.6) is 11.5 Å². The Hall–Kier alpha value is -5.80. The van der Waals surface area contributed by atoms with E-state index in [1.54, 1.807) is 0 Å². The zero-order valence-corrected chi connectivity index (χ0v) is 26.3. The fraction of sp³-hybridized carbons (Fsp3) is 0.0455. The molecule has 7 aromatic carbocycles. The summed E-state index contributed by atoms with van der Waals surface area (Å²) in [6.07, 6.45) is 0. The van der Waals surface area contributed by atoms with Gasteiger partial charge in [-0.25, -0.2) is 0 Å². The molecule has 0 fully saturated rings. The van der Waals surface area contributed by atoms with Gasteiger partial charge < -0.3 is 9.30 Å². The van der Waals surface area contributed by atoms with Crippen molar-refractivity contribution in [1.82, 2.24) is 4.57 Å². The first kappa shape index (κ1) is 26.4. The van der Waals surface area contributed by atoms with E-state index in [4.69, 9.17) is 4.74 Å². The lowest BCUT2D eigenvalue weighted by Crippen LogP contribution is -2.58. The quantitative estimate of drug-likeness (QED) is 0.185. The summed E-state index contributed by atoms with van der Waals surface area (Å²) in [5, 5.41) is 3.75. The Kier molecular flexibility index (Phi) is 5.54. The number of para-hydroxylation sites is 2. The van der Waals surface area contributed by atoms with Crippen molar-refractivity contribution in [2.24, 2.45) is 0 Å². The van der Waals surface area contributed by atoms with Crippen LogP contribution in [-0.2, 0) is 0 Å². The van der Waals surface area contributed by atoms with Gasteiger partial charge in [0.2, 0.25) is 0 Å². The number of nitrogens with zero attached hydrogens (tertiary/aromatic N) is 1. The van der Waals surface area contributed by atoms with Gasteiger partial charge in [0.25, 0.3) is 6.71 Å². The van der Waals surface area contributed by atoms with Gasteiger partial charge in [-0.3, -0.25) is 0 Å². The first-order valence-corrected chi connectivity index (χ1v) is 16.4. The SMILES string of the molecule is Cc1ccc(-c2c(-c3ccc(C)cc3)n3c4c(cccc24)B2c4cccc(-c5ccc6ccccc6c5)c4Oc4cccc-3c42)cc1. The van der Waals surface area contributed by atoms with Gasteiger partial charge in [-0.2, -0.15) is 0 Å². The fourth-order valence-electron chi connectivity index (χ4n) is 8.01. The van der Waals surface area contributed by atoms with Crippen LogP contribution >= 0.6 is 0 Å². The third kappa shape index (κ3) is 3.80. The topological polar surface area (TPSA) is 14.2 Å². The summed E-state index contributed by atoms with van der Waals surface area (Å²) in [4.78, 5) is 0. The molecule has 0 amide bonds. The summed E-state index contributed by atoms with van der Waals surface area (Å²) in [5.41, 5.74) is 16.0. The highest BCUT2D eigenvalue weighted by Crippen LogP contribution is 2.45. The summed E-state index contributed by atoms with van der Waals surface area (Å²) in [5.74, 6) is 1.88. The average molecular weight is 600 g/mol. The summed E-state index contributed by atoms with van der Waals surface area (Å²) in [6.45, 7) is 4.36. The Balaban J connectivity index is 1.29. The molecule has 8 aromatic rings. The highest BCUT2D eigenvalue weighted by atomic mass is 16.5. The molecule has 1 aromatic heterocycles. The van der Waals surface area contributed by atoms with E-state index < -0.39 is 0 Å². The van der Waals surface area contributed by atoms with Gasteiger partial charge in [0, 0.05) is 27.7 Å². The van der Waals surface area contributed by atoms with Gasteiger partial charge in [0.15, 0.2) is 0 Å².